The van der Waals surface area contributed by atoms with Gasteiger partial charge in [-0.05, 0) is 30.7 Å². The van der Waals surface area contributed by atoms with Gasteiger partial charge in [-0.25, -0.2) is 4.79 Å². The van der Waals surface area contributed by atoms with Crippen LogP contribution in [-0.2, 0) is 9.59 Å². The van der Waals surface area contributed by atoms with Gasteiger partial charge in [-0.3, -0.25) is 14.5 Å². The first-order valence-electron chi connectivity index (χ1n) is 6.37. The largest absolute Gasteiger partial charge is 0.494 e. The lowest BCUT2D eigenvalue weighted by Crippen LogP contribution is -2.39. The standard InChI is InChI=1S/C15H15N3O4/c1-8-5-12(14(22-2)7-10(8)16)18(15(17)21)11-6-9(19)3-4-13(11)20/h3-7H,16H2,1-2H3,(H2,17,21). The number of hydrogen-bond donors (Lipinski definition) is 2. The highest BCUT2D eigenvalue weighted by Gasteiger charge is 2.28. The van der Waals surface area contributed by atoms with E-state index in [1.54, 1.807) is 13.0 Å². The molecule has 4 N–H and O–H groups in total. The number of amides is 2. The average Bonchev–Trinajstić information content (AvgIpc) is 2.46. The minimum Gasteiger partial charge on any atom is -0.494 e. The molecule has 0 saturated heterocycles. The molecule has 1 aliphatic rings. The van der Waals surface area contributed by atoms with Crippen LogP contribution in [-0.4, -0.2) is 24.7 Å². The smallest absolute Gasteiger partial charge is 0.324 e. The Bertz CT molecular complexity index is 735. The highest BCUT2D eigenvalue weighted by molar-refractivity contribution is 6.22. The maximum atomic E-state index is 12.0. The van der Waals surface area contributed by atoms with Crippen molar-refractivity contribution < 1.29 is 19.1 Å². The van der Waals surface area contributed by atoms with Gasteiger partial charge in [0.25, 0.3) is 0 Å². The summed E-state index contributed by atoms with van der Waals surface area (Å²) in [5, 5.41) is 0. The van der Waals surface area contributed by atoms with Gasteiger partial charge in [0.1, 0.15) is 11.4 Å². The minimum absolute atomic E-state index is 0.137. The van der Waals surface area contributed by atoms with Crippen LogP contribution in [0.2, 0.25) is 0 Å². The zero-order valence-electron chi connectivity index (χ0n) is 12.1. The van der Waals surface area contributed by atoms with Gasteiger partial charge in [0, 0.05) is 17.8 Å². The number of methoxy groups -OCH3 is 1. The second-order valence-electron chi connectivity index (χ2n) is 4.68. The predicted molar refractivity (Wildman–Crippen MR) is 81.4 cm³/mol. The fourth-order valence-electron chi connectivity index (χ4n) is 2.07. The van der Waals surface area contributed by atoms with E-state index in [0.717, 1.165) is 23.1 Å². The number of carbonyl (C=O) groups excluding carboxylic acids is 3. The quantitative estimate of drug-likeness (QED) is 0.639. The van der Waals surface area contributed by atoms with E-state index in [-0.39, 0.29) is 17.1 Å². The molecule has 0 fully saturated rings. The summed E-state index contributed by atoms with van der Waals surface area (Å²) in [5.74, 6) is -0.653. The van der Waals surface area contributed by atoms with Crippen molar-refractivity contribution in [2.24, 2.45) is 5.73 Å². The van der Waals surface area contributed by atoms with Gasteiger partial charge < -0.3 is 16.2 Å². The van der Waals surface area contributed by atoms with Crippen molar-refractivity contribution in [3.63, 3.8) is 0 Å². The Balaban J connectivity index is 2.64. The molecular formula is C15H15N3O4. The summed E-state index contributed by atoms with van der Waals surface area (Å²) in [6, 6.07) is 2.17. The Hall–Kier alpha value is -3.09. The molecule has 0 bridgehead atoms. The molecule has 7 heteroatoms. The number of urea groups is 1. The third-order valence-electron chi connectivity index (χ3n) is 3.20. The van der Waals surface area contributed by atoms with Crippen LogP contribution in [0.15, 0.2) is 36.1 Å². The highest BCUT2D eigenvalue weighted by Crippen LogP contribution is 2.35. The predicted octanol–water partition coefficient (Wildman–Crippen LogP) is 1.06. The number of aryl methyl sites for hydroxylation is 1. The van der Waals surface area contributed by atoms with Crippen molar-refractivity contribution in [2.45, 2.75) is 6.92 Å². The van der Waals surface area contributed by atoms with Crippen LogP contribution in [0.3, 0.4) is 0 Å². The fraction of sp³-hybridized carbons (Fsp3) is 0.133. The van der Waals surface area contributed by atoms with Crippen LogP contribution in [0.5, 0.6) is 5.75 Å². The number of benzene rings is 1. The summed E-state index contributed by atoms with van der Waals surface area (Å²) in [6.07, 6.45) is 3.26. The van der Waals surface area contributed by atoms with Crippen molar-refractivity contribution in [3.05, 3.63) is 41.6 Å². The third kappa shape index (κ3) is 2.69. The molecule has 0 aliphatic heterocycles. The normalized spacial score (nSPS) is 13.8. The highest BCUT2D eigenvalue weighted by atomic mass is 16.5. The van der Waals surface area contributed by atoms with E-state index in [9.17, 15) is 14.4 Å². The molecule has 1 aromatic rings. The summed E-state index contributed by atoms with van der Waals surface area (Å²) in [4.78, 5) is 36.3. The number of nitrogens with two attached hydrogens (primary N) is 2. The molecule has 0 atom stereocenters. The van der Waals surface area contributed by atoms with Crippen LogP contribution in [0.25, 0.3) is 0 Å². The molecule has 2 rings (SSSR count). The number of carbonyl (C=O) groups is 3. The number of ether oxygens (including phenoxy) is 1. The van der Waals surface area contributed by atoms with Crippen LogP contribution in [0.1, 0.15) is 5.56 Å². The molecule has 0 spiro atoms. The SMILES string of the molecule is COc1cc(N)c(C)cc1N(C(N)=O)C1=CC(=O)C=CC1=O. The van der Waals surface area contributed by atoms with Crippen molar-refractivity contribution in [1.82, 2.24) is 0 Å². The lowest BCUT2D eigenvalue weighted by molar-refractivity contribution is -0.114. The number of nitrogens with zero attached hydrogens (tertiary/aromatic N) is 1. The fourth-order valence-corrected chi connectivity index (χ4v) is 2.07. The zero-order chi connectivity index (χ0) is 16.4. The summed E-state index contributed by atoms with van der Waals surface area (Å²) >= 11 is 0. The van der Waals surface area contributed by atoms with Gasteiger partial charge in [-0.2, -0.15) is 0 Å². The first-order chi connectivity index (χ1) is 10.3. The number of anilines is 2. The molecule has 0 saturated carbocycles. The van der Waals surface area contributed by atoms with Crippen molar-refractivity contribution in [2.75, 3.05) is 17.7 Å². The molecule has 0 aromatic heterocycles. The lowest BCUT2D eigenvalue weighted by atomic mass is 10.1. The van der Waals surface area contributed by atoms with Crippen molar-refractivity contribution in [1.29, 1.82) is 0 Å². The number of primary amides is 1. The first-order valence-corrected chi connectivity index (χ1v) is 6.37. The molecular weight excluding hydrogens is 286 g/mol. The molecule has 7 nitrogen and oxygen atoms in total. The summed E-state index contributed by atoms with van der Waals surface area (Å²) in [6.45, 7) is 1.74. The summed E-state index contributed by atoms with van der Waals surface area (Å²) in [7, 11) is 1.40. The Morgan fingerprint density at radius 3 is 2.50 bits per heavy atom. The zero-order valence-corrected chi connectivity index (χ0v) is 12.1. The maximum Gasteiger partial charge on any atom is 0.324 e. The number of nitrogen functional groups attached to an aromatic ring is 1. The average molecular weight is 301 g/mol. The molecule has 1 aromatic carbocycles. The Morgan fingerprint density at radius 1 is 1.23 bits per heavy atom. The molecule has 0 heterocycles. The van der Waals surface area contributed by atoms with Gasteiger partial charge in [0.05, 0.1) is 12.8 Å². The molecule has 2 amide bonds. The monoisotopic (exact) mass is 301 g/mol. The van der Waals surface area contributed by atoms with Crippen LogP contribution >= 0.6 is 0 Å². The molecule has 0 unspecified atom stereocenters. The Labute approximate surface area is 126 Å². The van der Waals surface area contributed by atoms with Gasteiger partial charge >= 0.3 is 6.03 Å². The molecule has 1 aliphatic carbocycles. The second kappa shape index (κ2) is 5.72. The Kier molecular flexibility index (Phi) is 3.98. The van der Waals surface area contributed by atoms with Crippen LogP contribution in [0, 0.1) is 6.92 Å². The first kappa shape index (κ1) is 15.3. The van der Waals surface area contributed by atoms with Crippen molar-refractivity contribution >= 4 is 29.0 Å². The van der Waals surface area contributed by atoms with Crippen LogP contribution in [0.4, 0.5) is 16.2 Å². The van der Waals surface area contributed by atoms with E-state index in [1.165, 1.54) is 13.2 Å². The van der Waals surface area contributed by atoms with Gasteiger partial charge in [-0.15, -0.1) is 0 Å². The van der Waals surface area contributed by atoms with Crippen molar-refractivity contribution in [3.8, 4) is 5.75 Å². The van der Waals surface area contributed by atoms with Gasteiger partial charge in [0.15, 0.2) is 5.78 Å². The van der Waals surface area contributed by atoms with E-state index in [2.05, 4.69) is 0 Å². The van der Waals surface area contributed by atoms with Gasteiger partial charge in [-0.1, -0.05) is 0 Å². The summed E-state index contributed by atoms with van der Waals surface area (Å²) in [5.41, 5.74) is 12.4. The van der Waals surface area contributed by atoms with E-state index >= 15 is 0 Å². The third-order valence-corrected chi connectivity index (χ3v) is 3.20. The van der Waals surface area contributed by atoms with E-state index in [4.69, 9.17) is 16.2 Å². The van der Waals surface area contributed by atoms with Crippen LogP contribution < -0.4 is 21.1 Å². The molecule has 22 heavy (non-hydrogen) atoms. The molecule has 114 valence electrons. The van der Waals surface area contributed by atoms with Gasteiger partial charge in [0.2, 0.25) is 5.78 Å². The maximum absolute atomic E-state index is 12.0. The van der Waals surface area contributed by atoms with E-state index in [0.29, 0.717) is 11.3 Å². The van der Waals surface area contributed by atoms with E-state index in [1.807, 2.05) is 0 Å². The topological polar surface area (TPSA) is 116 Å². The Morgan fingerprint density at radius 2 is 1.91 bits per heavy atom. The second-order valence-corrected chi connectivity index (χ2v) is 4.68. The number of rotatable bonds is 3. The molecule has 0 radical (unpaired) electrons. The summed E-state index contributed by atoms with van der Waals surface area (Å²) < 4.78 is 5.19. The lowest BCUT2D eigenvalue weighted by Gasteiger charge is -2.25. The number of ketones is 2. The number of hydrogen-bond acceptors (Lipinski definition) is 5. The number of allylic oxidation sites excluding steroid dienone is 3. The minimum atomic E-state index is -0.912. The van der Waals surface area contributed by atoms with E-state index < -0.39 is 17.6 Å².